The number of amides is 1. The van der Waals surface area contributed by atoms with Gasteiger partial charge in [0.15, 0.2) is 5.82 Å². The largest absolute Gasteiger partial charge is 0.494 e. The molecule has 11 heteroatoms. The van der Waals surface area contributed by atoms with Crippen LogP contribution in [0.25, 0.3) is 11.1 Å². The van der Waals surface area contributed by atoms with Gasteiger partial charge >= 0.3 is 0 Å². The minimum absolute atomic E-state index is 0.101. The number of anilines is 5. The zero-order valence-electron chi connectivity index (χ0n) is 24.8. The molecule has 0 unspecified atom stereocenters. The first-order chi connectivity index (χ1) is 22.0. The van der Waals surface area contributed by atoms with Crippen molar-refractivity contribution >= 4 is 34.6 Å². The Morgan fingerprint density at radius 2 is 1.93 bits per heavy atom. The standard InChI is InChI=1S/C34H33FN6O4/c1-3-34(42)39-27-15-28(31(43-2)16-30(27)40-18-26-14-25(40)19-44-26)38-32-17-33(37-20-36-32)41-29(10-11-45-41)23-8-4-6-21(12-23)22-7-5-9-24(35)13-22/h3-9,12-13,15-17,20,25-26,29H,1,10-11,14,18-19H2,2H3,(H,39,42)(H,36,37,38)/t25-,26-,29-/m1/s1. The SMILES string of the molecule is C=CC(=O)Nc1cc(Nc2cc(N3OCC[C@@H]3c3cccc(-c4cccc(F)c4)c3)ncn2)c(OC)cc1N1C[C@H]2C[C@@H]1CO2. The van der Waals surface area contributed by atoms with Gasteiger partial charge in [0.05, 0.1) is 55.6 Å². The van der Waals surface area contributed by atoms with Crippen molar-refractivity contribution in [1.82, 2.24) is 9.97 Å². The Kier molecular flexibility index (Phi) is 7.78. The summed E-state index contributed by atoms with van der Waals surface area (Å²) in [5, 5.41) is 8.09. The zero-order valence-corrected chi connectivity index (χ0v) is 24.8. The summed E-state index contributed by atoms with van der Waals surface area (Å²) in [6, 6.07) is 20.3. The fourth-order valence-corrected chi connectivity index (χ4v) is 6.32. The number of fused-ring (bicyclic) bond motifs is 2. The van der Waals surface area contributed by atoms with E-state index in [2.05, 4.69) is 38.1 Å². The summed E-state index contributed by atoms with van der Waals surface area (Å²) in [5.41, 5.74) is 4.88. The van der Waals surface area contributed by atoms with Crippen LogP contribution in [0.15, 0.2) is 85.7 Å². The van der Waals surface area contributed by atoms with Crippen molar-refractivity contribution in [2.24, 2.45) is 0 Å². The first kappa shape index (κ1) is 28.8. The van der Waals surface area contributed by atoms with E-state index in [1.165, 1.54) is 24.5 Å². The fourth-order valence-electron chi connectivity index (χ4n) is 6.32. The van der Waals surface area contributed by atoms with Crippen molar-refractivity contribution in [1.29, 1.82) is 0 Å². The van der Waals surface area contributed by atoms with Crippen molar-refractivity contribution in [3.05, 3.63) is 97.1 Å². The van der Waals surface area contributed by atoms with Crippen molar-refractivity contribution in [3.8, 4) is 16.9 Å². The van der Waals surface area contributed by atoms with Crippen molar-refractivity contribution in [3.63, 3.8) is 0 Å². The molecular formula is C34H33FN6O4. The van der Waals surface area contributed by atoms with E-state index in [0.29, 0.717) is 42.0 Å². The maximum absolute atomic E-state index is 13.9. The highest BCUT2D eigenvalue weighted by atomic mass is 19.1. The van der Waals surface area contributed by atoms with Gasteiger partial charge in [0.25, 0.3) is 0 Å². The lowest BCUT2D eigenvalue weighted by molar-refractivity contribution is -0.111. The molecule has 3 aliphatic rings. The second-order valence-corrected chi connectivity index (χ2v) is 11.2. The maximum atomic E-state index is 13.9. The predicted molar refractivity (Wildman–Crippen MR) is 170 cm³/mol. The van der Waals surface area contributed by atoms with Crippen LogP contribution in [-0.4, -0.2) is 54.9 Å². The summed E-state index contributed by atoms with van der Waals surface area (Å²) in [4.78, 5) is 29.7. The Balaban J connectivity index is 1.17. The Bertz CT molecular complexity index is 1750. The van der Waals surface area contributed by atoms with Gasteiger partial charge in [-0.05, 0) is 53.5 Å². The predicted octanol–water partition coefficient (Wildman–Crippen LogP) is 6.02. The van der Waals surface area contributed by atoms with E-state index >= 15 is 0 Å². The van der Waals surface area contributed by atoms with E-state index in [4.69, 9.17) is 14.3 Å². The number of aromatic nitrogens is 2. The van der Waals surface area contributed by atoms with Gasteiger partial charge in [0, 0.05) is 25.1 Å². The quantitative estimate of drug-likeness (QED) is 0.221. The van der Waals surface area contributed by atoms with Gasteiger partial charge in [-0.3, -0.25) is 9.63 Å². The number of nitrogens with zero attached hydrogens (tertiary/aromatic N) is 4. The minimum atomic E-state index is -0.309. The van der Waals surface area contributed by atoms with Crippen LogP contribution < -0.4 is 25.3 Å². The average Bonchev–Trinajstić information content (AvgIpc) is 3.84. The van der Waals surface area contributed by atoms with E-state index < -0.39 is 0 Å². The second kappa shape index (κ2) is 12.2. The Morgan fingerprint density at radius 3 is 2.69 bits per heavy atom. The first-order valence-electron chi connectivity index (χ1n) is 14.9. The molecule has 0 radical (unpaired) electrons. The topological polar surface area (TPSA) is 101 Å². The number of rotatable bonds is 9. The summed E-state index contributed by atoms with van der Waals surface area (Å²) in [7, 11) is 1.61. The van der Waals surface area contributed by atoms with Crippen LogP contribution in [0.2, 0.25) is 0 Å². The molecule has 0 saturated carbocycles. The molecule has 230 valence electrons. The van der Waals surface area contributed by atoms with Crippen LogP contribution in [0.5, 0.6) is 5.75 Å². The van der Waals surface area contributed by atoms with Crippen LogP contribution in [-0.2, 0) is 14.4 Å². The molecule has 3 atom stereocenters. The molecule has 1 amide bonds. The van der Waals surface area contributed by atoms with Crippen LogP contribution in [0.4, 0.5) is 33.1 Å². The third-order valence-corrected chi connectivity index (χ3v) is 8.45. The number of hydrogen-bond acceptors (Lipinski definition) is 9. The molecule has 4 aromatic rings. The molecule has 7 rings (SSSR count). The Labute approximate surface area is 260 Å². The van der Waals surface area contributed by atoms with Gasteiger partial charge in [-0.1, -0.05) is 36.9 Å². The number of methoxy groups -OCH3 is 1. The molecule has 10 nitrogen and oxygen atoms in total. The third-order valence-electron chi connectivity index (χ3n) is 8.45. The van der Waals surface area contributed by atoms with E-state index in [1.54, 1.807) is 24.3 Å². The summed E-state index contributed by atoms with van der Waals surface area (Å²) >= 11 is 0. The average molecular weight is 609 g/mol. The number of hydroxylamine groups is 1. The summed E-state index contributed by atoms with van der Waals surface area (Å²) in [6.07, 6.45) is 4.61. The summed E-state index contributed by atoms with van der Waals surface area (Å²) in [5.74, 6) is 1.10. The monoisotopic (exact) mass is 608 g/mol. The summed E-state index contributed by atoms with van der Waals surface area (Å²) in [6.45, 7) is 5.53. The van der Waals surface area contributed by atoms with Crippen LogP contribution in [0, 0.1) is 5.82 Å². The van der Waals surface area contributed by atoms with Crippen LogP contribution in [0.3, 0.4) is 0 Å². The lowest BCUT2D eigenvalue weighted by atomic mass is 9.98. The molecule has 45 heavy (non-hydrogen) atoms. The number of ether oxygens (including phenoxy) is 2. The van der Waals surface area contributed by atoms with Gasteiger partial charge < -0.3 is 25.0 Å². The highest BCUT2D eigenvalue weighted by molar-refractivity contribution is 6.02. The number of benzene rings is 3. The fraction of sp³-hybridized carbons (Fsp3) is 0.265. The molecule has 0 spiro atoms. The van der Waals surface area contributed by atoms with Crippen molar-refractivity contribution < 1.29 is 23.5 Å². The molecule has 0 aliphatic carbocycles. The molecule has 3 aromatic carbocycles. The third kappa shape index (κ3) is 5.79. The Hall–Kier alpha value is -5.00. The van der Waals surface area contributed by atoms with Gasteiger partial charge in [-0.15, -0.1) is 0 Å². The van der Waals surface area contributed by atoms with E-state index in [1.807, 2.05) is 36.4 Å². The number of hydrogen-bond donors (Lipinski definition) is 2. The number of carbonyl (C=O) groups excluding carboxylic acids is 1. The lowest BCUT2D eigenvalue weighted by Gasteiger charge is -2.31. The van der Waals surface area contributed by atoms with Gasteiger partial charge in [0.1, 0.15) is 23.7 Å². The van der Waals surface area contributed by atoms with Crippen molar-refractivity contribution in [2.75, 3.05) is 47.5 Å². The second-order valence-electron chi connectivity index (χ2n) is 11.2. The van der Waals surface area contributed by atoms with Gasteiger partial charge in [0.2, 0.25) is 5.91 Å². The molecular weight excluding hydrogens is 575 g/mol. The molecule has 4 heterocycles. The van der Waals surface area contributed by atoms with Crippen LogP contribution in [0.1, 0.15) is 24.4 Å². The highest BCUT2D eigenvalue weighted by Crippen LogP contribution is 2.43. The minimum Gasteiger partial charge on any atom is -0.494 e. The van der Waals surface area contributed by atoms with E-state index in [9.17, 15) is 9.18 Å². The van der Waals surface area contributed by atoms with Gasteiger partial charge in [-0.2, -0.15) is 0 Å². The molecule has 3 aliphatic heterocycles. The number of morpholine rings is 1. The molecule has 3 fully saturated rings. The van der Waals surface area contributed by atoms with E-state index in [0.717, 1.165) is 41.8 Å². The highest BCUT2D eigenvalue weighted by Gasteiger charge is 2.40. The molecule has 2 N–H and O–H groups in total. The number of carbonyl (C=O) groups is 1. The Morgan fingerprint density at radius 1 is 1.09 bits per heavy atom. The molecule has 2 bridgehead atoms. The smallest absolute Gasteiger partial charge is 0.247 e. The van der Waals surface area contributed by atoms with Crippen molar-refractivity contribution in [2.45, 2.75) is 31.0 Å². The number of nitrogens with one attached hydrogen (secondary N) is 2. The normalized spacial score (nSPS) is 20.4. The van der Waals surface area contributed by atoms with E-state index in [-0.39, 0.29) is 29.9 Å². The molecule has 1 aromatic heterocycles. The zero-order chi connectivity index (χ0) is 30.9. The lowest BCUT2D eigenvalue weighted by Crippen LogP contribution is -2.37. The summed E-state index contributed by atoms with van der Waals surface area (Å²) < 4.78 is 25.5. The maximum Gasteiger partial charge on any atom is 0.247 e. The first-order valence-corrected chi connectivity index (χ1v) is 14.9. The van der Waals surface area contributed by atoms with Crippen LogP contribution >= 0.6 is 0 Å². The number of halogens is 1. The van der Waals surface area contributed by atoms with Gasteiger partial charge in [-0.25, -0.2) is 19.4 Å². The molecule has 3 saturated heterocycles.